The maximum absolute atomic E-state index is 10.9. The largest absolute Gasteiger partial charge is 0.481 e. The van der Waals surface area contributed by atoms with E-state index in [1.54, 1.807) is 0 Å². The highest BCUT2D eigenvalue weighted by molar-refractivity contribution is 7.60. The lowest BCUT2D eigenvalue weighted by Crippen LogP contribution is -2.45. The molecule has 6 N–H and O–H groups in total. The fourth-order valence-corrected chi connectivity index (χ4v) is 2.20. The fraction of sp³-hybridized carbons (Fsp3) is 1.00. The van der Waals surface area contributed by atoms with E-state index in [0.29, 0.717) is 0 Å². The SMILES string of the molecule is C[C@@](O)(CO)[C@@H](O)COP(=O)(O)OP(=O)(O)O. The number of phosphoric acid groups is 2. The summed E-state index contributed by atoms with van der Waals surface area (Å²) >= 11 is 0. The van der Waals surface area contributed by atoms with Crippen molar-refractivity contribution in [2.24, 2.45) is 0 Å². The van der Waals surface area contributed by atoms with Crippen LogP contribution in [0.5, 0.6) is 0 Å². The summed E-state index contributed by atoms with van der Waals surface area (Å²) in [6.07, 6.45) is -1.76. The maximum Gasteiger partial charge on any atom is 0.481 e. The number of phosphoric ester groups is 1. The van der Waals surface area contributed by atoms with Crippen LogP contribution < -0.4 is 0 Å². The predicted octanol–water partition coefficient (Wildman–Crippen LogP) is -1.68. The van der Waals surface area contributed by atoms with E-state index < -0.39 is 40.6 Å². The highest BCUT2D eigenvalue weighted by Gasteiger charge is 2.36. The van der Waals surface area contributed by atoms with Crippen LogP contribution >= 0.6 is 15.6 Å². The minimum atomic E-state index is -5.23. The van der Waals surface area contributed by atoms with E-state index in [4.69, 9.17) is 19.8 Å². The van der Waals surface area contributed by atoms with Gasteiger partial charge in [0, 0.05) is 0 Å². The Hall–Kier alpha value is 0.140. The Morgan fingerprint density at radius 1 is 1.29 bits per heavy atom. The summed E-state index contributed by atoms with van der Waals surface area (Å²) in [5.74, 6) is 0. The van der Waals surface area contributed by atoms with Gasteiger partial charge in [0.2, 0.25) is 0 Å². The molecule has 0 aliphatic heterocycles. The zero-order valence-corrected chi connectivity index (χ0v) is 10.5. The second-order valence-electron chi connectivity index (χ2n) is 3.37. The zero-order valence-electron chi connectivity index (χ0n) is 8.70. The van der Waals surface area contributed by atoms with Crippen molar-refractivity contribution in [3.8, 4) is 0 Å². The molecule has 0 saturated carbocycles. The van der Waals surface area contributed by atoms with E-state index in [1.807, 2.05) is 0 Å². The summed E-state index contributed by atoms with van der Waals surface area (Å²) in [5, 5.41) is 27.1. The van der Waals surface area contributed by atoms with Gasteiger partial charge in [-0.2, -0.15) is 4.31 Å². The van der Waals surface area contributed by atoms with Crippen LogP contribution in [0.1, 0.15) is 6.92 Å². The minimum absolute atomic E-state index is 0.855. The third kappa shape index (κ3) is 7.22. The maximum atomic E-state index is 10.9. The van der Waals surface area contributed by atoms with Gasteiger partial charge in [-0.15, -0.1) is 0 Å². The molecule has 0 fully saturated rings. The van der Waals surface area contributed by atoms with E-state index in [9.17, 15) is 19.3 Å². The molecule has 0 aliphatic carbocycles. The Kier molecular flexibility index (Phi) is 5.90. The van der Waals surface area contributed by atoms with E-state index in [0.717, 1.165) is 6.92 Å². The normalized spacial score (nSPS) is 21.6. The van der Waals surface area contributed by atoms with Gasteiger partial charge in [0.15, 0.2) is 0 Å². The average molecular weight is 296 g/mol. The van der Waals surface area contributed by atoms with Crippen LogP contribution in [-0.2, 0) is 18.0 Å². The number of aliphatic hydroxyl groups is 3. The first-order valence-corrected chi connectivity index (χ1v) is 7.18. The second-order valence-corrected chi connectivity index (χ2v) is 6.20. The van der Waals surface area contributed by atoms with E-state index in [2.05, 4.69) is 8.83 Å². The van der Waals surface area contributed by atoms with Gasteiger partial charge in [0.05, 0.1) is 13.2 Å². The molecule has 0 aromatic heterocycles. The molecule has 0 rings (SSSR count). The topological polar surface area (TPSA) is 174 Å². The molecule has 12 heteroatoms. The van der Waals surface area contributed by atoms with Crippen molar-refractivity contribution < 1.29 is 48.0 Å². The predicted molar refractivity (Wildman–Crippen MR) is 52.6 cm³/mol. The second kappa shape index (κ2) is 5.85. The lowest BCUT2D eigenvalue weighted by atomic mass is 10.0. The molecule has 0 aromatic carbocycles. The Morgan fingerprint density at radius 3 is 2.12 bits per heavy atom. The smallest absolute Gasteiger partial charge is 0.393 e. The third-order valence-electron chi connectivity index (χ3n) is 1.64. The molecule has 0 aliphatic rings. The van der Waals surface area contributed by atoms with Gasteiger partial charge in [-0.1, -0.05) is 0 Å². The summed E-state index contributed by atoms with van der Waals surface area (Å²) in [6.45, 7) is -0.804. The van der Waals surface area contributed by atoms with Crippen molar-refractivity contribution in [3.63, 3.8) is 0 Å². The highest BCUT2D eigenvalue weighted by atomic mass is 31.3. The van der Waals surface area contributed by atoms with Crippen LogP contribution in [0.3, 0.4) is 0 Å². The molecule has 0 amide bonds. The molecule has 0 aromatic rings. The fourth-order valence-electron chi connectivity index (χ4n) is 0.608. The van der Waals surface area contributed by atoms with Crippen LogP contribution in [0.15, 0.2) is 0 Å². The van der Waals surface area contributed by atoms with Gasteiger partial charge in [-0.05, 0) is 6.92 Å². The molecule has 17 heavy (non-hydrogen) atoms. The molecule has 0 radical (unpaired) electrons. The molecule has 10 nitrogen and oxygen atoms in total. The van der Waals surface area contributed by atoms with Crippen molar-refractivity contribution >= 4 is 15.6 Å². The van der Waals surface area contributed by atoms with Gasteiger partial charge < -0.3 is 30.0 Å². The monoisotopic (exact) mass is 296 g/mol. The number of rotatable bonds is 7. The minimum Gasteiger partial charge on any atom is -0.393 e. The summed E-state index contributed by atoms with van der Waals surface area (Å²) in [7, 11) is -10.3. The molecule has 0 heterocycles. The molecular weight excluding hydrogens is 282 g/mol. The molecular formula is C5H14O10P2. The van der Waals surface area contributed by atoms with Crippen molar-refractivity contribution in [2.45, 2.75) is 18.6 Å². The van der Waals surface area contributed by atoms with Crippen LogP contribution in [0.25, 0.3) is 0 Å². The summed E-state index contributed by atoms with van der Waals surface area (Å²) < 4.78 is 28.6. The molecule has 3 atom stereocenters. The Morgan fingerprint density at radius 2 is 1.76 bits per heavy atom. The zero-order chi connectivity index (χ0) is 13.9. The highest BCUT2D eigenvalue weighted by Crippen LogP contribution is 2.57. The molecule has 0 bridgehead atoms. The van der Waals surface area contributed by atoms with Gasteiger partial charge in [-0.25, -0.2) is 9.13 Å². The van der Waals surface area contributed by atoms with Gasteiger partial charge >= 0.3 is 15.6 Å². The lowest BCUT2D eigenvalue weighted by Gasteiger charge is -2.26. The molecule has 0 saturated heterocycles. The first-order chi connectivity index (χ1) is 7.40. The molecule has 1 unspecified atom stereocenters. The third-order valence-corrected chi connectivity index (χ3v) is 3.79. The number of hydrogen-bond acceptors (Lipinski definition) is 7. The van der Waals surface area contributed by atoms with Crippen molar-refractivity contribution in [2.75, 3.05) is 13.2 Å². The average Bonchev–Trinajstić information content (AvgIpc) is 2.10. The first-order valence-electron chi connectivity index (χ1n) is 4.15. The van der Waals surface area contributed by atoms with Gasteiger partial charge in [0.25, 0.3) is 0 Å². The van der Waals surface area contributed by atoms with Crippen molar-refractivity contribution in [1.29, 1.82) is 0 Å². The van der Waals surface area contributed by atoms with Crippen molar-refractivity contribution in [3.05, 3.63) is 0 Å². The summed E-state index contributed by atoms with van der Waals surface area (Å²) in [6, 6.07) is 0. The van der Waals surface area contributed by atoms with Crippen LogP contribution in [0.2, 0.25) is 0 Å². The lowest BCUT2D eigenvalue weighted by molar-refractivity contribution is -0.107. The van der Waals surface area contributed by atoms with E-state index in [1.165, 1.54) is 0 Å². The Labute approximate surface area is 96.3 Å². The quantitative estimate of drug-likeness (QED) is 0.297. The van der Waals surface area contributed by atoms with Crippen LogP contribution in [0.4, 0.5) is 0 Å². The first kappa shape index (κ1) is 17.1. The van der Waals surface area contributed by atoms with E-state index in [-0.39, 0.29) is 0 Å². The molecule has 104 valence electrons. The Bertz CT molecular complexity index is 334. The number of hydrogen-bond donors (Lipinski definition) is 6. The van der Waals surface area contributed by atoms with Crippen LogP contribution in [0, 0.1) is 0 Å². The summed E-state index contributed by atoms with van der Waals surface area (Å²) in [4.78, 5) is 25.3. The molecule has 0 spiro atoms. The standard InChI is InChI=1S/C5H14O10P2/c1-5(8,3-6)4(7)2-14-17(12,13)15-16(9,10)11/h4,6-8H,2-3H2,1H3,(H,12,13)(H2,9,10,11)/t4-,5+/m0/s1. The van der Waals surface area contributed by atoms with Gasteiger partial charge in [-0.3, -0.25) is 4.52 Å². The van der Waals surface area contributed by atoms with Crippen LogP contribution in [-0.4, -0.2) is 54.9 Å². The van der Waals surface area contributed by atoms with Crippen molar-refractivity contribution in [1.82, 2.24) is 0 Å². The summed E-state index contributed by atoms with van der Waals surface area (Å²) in [5.41, 5.74) is -2.00. The number of aliphatic hydroxyl groups excluding tert-OH is 2. The Balaban J connectivity index is 4.38. The van der Waals surface area contributed by atoms with Gasteiger partial charge in [0.1, 0.15) is 11.7 Å². The van der Waals surface area contributed by atoms with E-state index >= 15 is 0 Å².